The first kappa shape index (κ1) is 13.9. The average molecular weight is 321 g/mol. The molecular formula is C16H14BrFO. The topological polar surface area (TPSA) is 17.1 Å². The van der Waals surface area contributed by atoms with Crippen molar-refractivity contribution in [3.05, 3.63) is 69.4 Å². The monoisotopic (exact) mass is 320 g/mol. The number of benzene rings is 2. The van der Waals surface area contributed by atoms with Gasteiger partial charge in [-0.05, 0) is 41.8 Å². The van der Waals surface area contributed by atoms with Crippen LogP contribution in [0.4, 0.5) is 4.39 Å². The lowest BCUT2D eigenvalue weighted by Gasteiger charge is -2.05. The van der Waals surface area contributed by atoms with Crippen molar-refractivity contribution in [1.29, 1.82) is 0 Å². The third-order valence-electron chi connectivity index (χ3n) is 2.97. The summed E-state index contributed by atoms with van der Waals surface area (Å²) in [5.74, 6) is -0.236. The van der Waals surface area contributed by atoms with Gasteiger partial charge in [0.2, 0.25) is 0 Å². The Kier molecular flexibility index (Phi) is 4.48. The predicted molar refractivity (Wildman–Crippen MR) is 77.7 cm³/mol. The van der Waals surface area contributed by atoms with Crippen LogP contribution in [0.15, 0.2) is 46.9 Å². The van der Waals surface area contributed by atoms with Gasteiger partial charge in [0.1, 0.15) is 11.6 Å². The van der Waals surface area contributed by atoms with Gasteiger partial charge < -0.3 is 0 Å². The molecule has 0 fully saturated rings. The van der Waals surface area contributed by atoms with Crippen LogP contribution in [0.25, 0.3) is 0 Å². The SMILES string of the molecule is Cc1ccccc1CC(=O)Cc1cc(F)cc(Br)c1. The molecular weight excluding hydrogens is 307 g/mol. The summed E-state index contributed by atoms with van der Waals surface area (Å²) < 4.78 is 13.9. The van der Waals surface area contributed by atoms with Crippen LogP contribution in [-0.4, -0.2) is 5.78 Å². The van der Waals surface area contributed by atoms with Gasteiger partial charge in [0.15, 0.2) is 0 Å². The van der Waals surface area contributed by atoms with Crippen LogP contribution in [-0.2, 0) is 17.6 Å². The zero-order valence-electron chi connectivity index (χ0n) is 10.6. The zero-order chi connectivity index (χ0) is 13.8. The Morgan fingerprint density at radius 3 is 2.58 bits per heavy atom. The molecule has 0 aliphatic carbocycles. The van der Waals surface area contributed by atoms with E-state index < -0.39 is 0 Å². The fourth-order valence-corrected chi connectivity index (χ4v) is 2.54. The number of aryl methyl sites for hydroxylation is 1. The highest BCUT2D eigenvalue weighted by Gasteiger charge is 2.08. The smallest absolute Gasteiger partial charge is 0.141 e. The van der Waals surface area contributed by atoms with Crippen LogP contribution >= 0.6 is 15.9 Å². The normalized spacial score (nSPS) is 10.5. The van der Waals surface area contributed by atoms with Gasteiger partial charge in [-0.15, -0.1) is 0 Å². The maximum absolute atomic E-state index is 13.2. The first-order chi connectivity index (χ1) is 9.04. The summed E-state index contributed by atoms with van der Waals surface area (Å²) in [7, 11) is 0. The molecule has 1 nitrogen and oxygen atoms in total. The third kappa shape index (κ3) is 4.00. The Bertz CT molecular complexity index is 587. The second-order valence-corrected chi connectivity index (χ2v) is 5.51. The number of hydrogen-bond acceptors (Lipinski definition) is 1. The molecule has 0 N–H and O–H groups in total. The number of halogens is 2. The quantitative estimate of drug-likeness (QED) is 0.823. The maximum Gasteiger partial charge on any atom is 0.141 e. The van der Waals surface area contributed by atoms with Crippen molar-refractivity contribution in [2.24, 2.45) is 0 Å². The van der Waals surface area contributed by atoms with Gasteiger partial charge in [0.25, 0.3) is 0 Å². The molecule has 0 bridgehead atoms. The third-order valence-corrected chi connectivity index (χ3v) is 3.43. The lowest BCUT2D eigenvalue weighted by molar-refractivity contribution is -0.117. The fraction of sp³-hybridized carbons (Fsp3) is 0.188. The minimum atomic E-state index is -0.326. The summed E-state index contributed by atoms with van der Waals surface area (Å²) in [6, 6.07) is 12.4. The van der Waals surface area contributed by atoms with Gasteiger partial charge >= 0.3 is 0 Å². The molecule has 19 heavy (non-hydrogen) atoms. The summed E-state index contributed by atoms with van der Waals surface area (Å²) in [5, 5.41) is 0. The molecule has 0 aliphatic heterocycles. The standard InChI is InChI=1S/C16H14BrFO/c1-11-4-2-3-5-13(11)9-16(19)8-12-6-14(17)10-15(18)7-12/h2-7,10H,8-9H2,1H3. The van der Waals surface area contributed by atoms with E-state index in [9.17, 15) is 9.18 Å². The second kappa shape index (κ2) is 6.11. The van der Waals surface area contributed by atoms with Crippen LogP contribution in [0.2, 0.25) is 0 Å². The van der Waals surface area contributed by atoms with Crippen LogP contribution in [0.3, 0.4) is 0 Å². The summed E-state index contributed by atoms with van der Waals surface area (Å²) in [6.07, 6.45) is 0.644. The molecule has 0 saturated carbocycles. The van der Waals surface area contributed by atoms with Crippen molar-refractivity contribution in [3.63, 3.8) is 0 Å². The van der Waals surface area contributed by atoms with Gasteiger partial charge in [-0.25, -0.2) is 4.39 Å². The van der Waals surface area contributed by atoms with E-state index in [1.165, 1.54) is 12.1 Å². The van der Waals surface area contributed by atoms with Gasteiger partial charge in [0.05, 0.1) is 0 Å². The molecule has 0 unspecified atom stereocenters. The lowest BCUT2D eigenvalue weighted by Crippen LogP contribution is -2.07. The largest absolute Gasteiger partial charge is 0.299 e. The van der Waals surface area contributed by atoms with Crippen molar-refractivity contribution in [1.82, 2.24) is 0 Å². The minimum absolute atomic E-state index is 0.0896. The predicted octanol–water partition coefficient (Wildman–Crippen LogP) is 4.25. The summed E-state index contributed by atoms with van der Waals surface area (Å²) in [5.41, 5.74) is 2.84. The first-order valence-corrected chi connectivity index (χ1v) is 6.85. The summed E-state index contributed by atoms with van der Waals surface area (Å²) in [4.78, 5) is 12.0. The van der Waals surface area contributed by atoms with E-state index in [0.29, 0.717) is 16.5 Å². The Balaban J connectivity index is 2.07. The average Bonchev–Trinajstić information content (AvgIpc) is 2.30. The van der Waals surface area contributed by atoms with Crippen LogP contribution < -0.4 is 0 Å². The lowest BCUT2D eigenvalue weighted by atomic mass is 9.99. The van der Waals surface area contributed by atoms with Gasteiger partial charge in [-0.1, -0.05) is 40.2 Å². The summed E-state index contributed by atoms with van der Waals surface area (Å²) >= 11 is 3.23. The molecule has 2 aromatic rings. The van der Waals surface area contributed by atoms with E-state index in [1.807, 2.05) is 31.2 Å². The Morgan fingerprint density at radius 1 is 1.16 bits per heavy atom. The molecule has 0 aromatic heterocycles. The molecule has 0 saturated heterocycles. The molecule has 0 amide bonds. The Hall–Kier alpha value is -1.48. The molecule has 0 radical (unpaired) electrons. The Morgan fingerprint density at radius 2 is 1.89 bits per heavy atom. The van der Waals surface area contributed by atoms with E-state index in [-0.39, 0.29) is 18.0 Å². The van der Waals surface area contributed by atoms with Gasteiger partial charge in [-0.3, -0.25) is 4.79 Å². The summed E-state index contributed by atoms with van der Waals surface area (Å²) in [6.45, 7) is 1.99. The molecule has 0 atom stereocenters. The van der Waals surface area contributed by atoms with Crippen molar-refractivity contribution in [2.45, 2.75) is 19.8 Å². The minimum Gasteiger partial charge on any atom is -0.299 e. The number of hydrogen-bond donors (Lipinski definition) is 0. The number of carbonyl (C=O) groups excluding carboxylic acids is 1. The van der Waals surface area contributed by atoms with E-state index in [0.717, 1.165) is 11.1 Å². The fourth-order valence-electron chi connectivity index (χ4n) is 2.02. The Labute approximate surface area is 120 Å². The molecule has 2 rings (SSSR count). The van der Waals surface area contributed by atoms with Crippen LogP contribution in [0.5, 0.6) is 0 Å². The molecule has 0 heterocycles. The molecule has 0 aliphatic rings. The van der Waals surface area contributed by atoms with E-state index >= 15 is 0 Å². The zero-order valence-corrected chi connectivity index (χ0v) is 12.2. The van der Waals surface area contributed by atoms with Gasteiger partial charge in [-0.2, -0.15) is 0 Å². The number of carbonyl (C=O) groups is 1. The molecule has 3 heteroatoms. The molecule has 2 aromatic carbocycles. The van der Waals surface area contributed by atoms with Crippen molar-refractivity contribution in [3.8, 4) is 0 Å². The number of Topliss-reactive ketones (excluding diaryl/α,β-unsaturated/α-hetero) is 1. The van der Waals surface area contributed by atoms with E-state index in [1.54, 1.807) is 6.07 Å². The molecule has 98 valence electrons. The highest BCUT2D eigenvalue weighted by molar-refractivity contribution is 9.10. The van der Waals surface area contributed by atoms with Crippen molar-refractivity contribution in [2.75, 3.05) is 0 Å². The number of rotatable bonds is 4. The van der Waals surface area contributed by atoms with E-state index in [2.05, 4.69) is 15.9 Å². The second-order valence-electron chi connectivity index (χ2n) is 4.60. The van der Waals surface area contributed by atoms with Crippen molar-refractivity contribution >= 4 is 21.7 Å². The van der Waals surface area contributed by atoms with E-state index in [4.69, 9.17) is 0 Å². The maximum atomic E-state index is 13.2. The number of ketones is 1. The first-order valence-electron chi connectivity index (χ1n) is 6.06. The highest BCUT2D eigenvalue weighted by atomic mass is 79.9. The molecule has 0 spiro atoms. The van der Waals surface area contributed by atoms with Crippen molar-refractivity contribution < 1.29 is 9.18 Å². The van der Waals surface area contributed by atoms with Gasteiger partial charge in [0, 0.05) is 17.3 Å². The van der Waals surface area contributed by atoms with Crippen LogP contribution in [0.1, 0.15) is 16.7 Å². The highest BCUT2D eigenvalue weighted by Crippen LogP contribution is 2.16. The van der Waals surface area contributed by atoms with Crippen LogP contribution in [0, 0.1) is 12.7 Å².